The standard InChI is InChI=1S/C29H23Cl2N3O3S2/c1-18(27(35)33-25-16-21(30)7-12-24(25)31)39-23-10-8-22(9-11-23)32-29(37)26(15-19-13-14-38-17-19)34-28(36)20-5-3-2-4-6-20/h2-18H,1H3,(H,32,37)(H,33,35)(H,34,36)/b26-15-. The minimum Gasteiger partial charge on any atom is -0.324 e. The summed E-state index contributed by atoms with van der Waals surface area (Å²) in [6.07, 6.45) is 1.63. The molecule has 0 fully saturated rings. The van der Waals surface area contributed by atoms with Gasteiger partial charge in [0.25, 0.3) is 11.8 Å². The van der Waals surface area contributed by atoms with E-state index in [1.807, 2.05) is 22.9 Å². The van der Waals surface area contributed by atoms with Gasteiger partial charge in [0.1, 0.15) is 5.70 Å². The van der Waals surface area contributed by atoms with Crippen molar-refractivity contribution in [3.63, 3.8) is 0 Å². The number of benzene rings is 3. The maximum Gasteiger partial charge on any atom is 0.272 e. The van der Waals surface area contributed by atoms with E-state index in [0.717, 1.165) is 10.5 Å². The molecule has 0 radical (unpaired) electrons. The van der Waals surface area contributed by atoms with Crippen LogP contribution in [0.3, 0.4) is 0 Å². The number of anilines is 2. The zero-order chi connectivity index (χ0) is 27.8. The minimum atomic E-state index is -0.461. The molecular formula is C29H23Cl2N3O3S2. The number of nitrogens with one attached hydrogen (secondary N) is 3. The highest BCUT2D eigenvalue weighted by atomic mass is 35.5. The number of halogens is 2. The summed E-state index contributed by atoms with van der Waals surface area (Å²) < 4.78 is 0. The molecule has 1 unspecified atom stereocenters. The van der Waals surface area contributed by atoms with Crippen molar-refractivity contribution >= 4 is 81.5 Å². The van der Waals surface area contributed by atoms with E-state index in [4.69, 9.17) is 23.2 Å². The molecule has 0 aliphatic carbocycles. The Morgan fingerprint density at radius 2 is 1.67 bits per heavy atom. The Balaban J connectivity index is 1.40. The molecule has 3 aromatic carbocycles. The lowest BCUT2D eigenvalue weighted by Crippen LogP contribution is -2.30. The largest absolute Gasteiger partial charge is 0.324 e. The van der Waals surface area contributed by atoms with E-state index in [0.29, 0.717) is 27.0 Å². The number of hydrogen-bond acceptors (Lipinski definition) is 5. The normalized spacial score (nSPS) is 11.9. The molecule has 0 bridgehead atoms. The second kappa shape index (κ2) is 13.5. The maximum absolute atomic E-state index is 13.1. The van der Waals surface area contributed by atoms with Crippen LogP contribution in [-0.2, 0) is 9.59 Å². The summed E-state index contributed by atoms with van der Waals surface area (Å²) in [5, 5.41) is 12.6. The van der Waals surface area contributed by atoms with Gasteiger partial charge in [0.15, 0.2) is 0 Å². The van der Waals surface area contributed by atoms with E-state index >= 15 is 0 Å². The predicted octanol–water partition coefficient (Wildman–Crippen LogP) is 7.58. The first-order valence-electron chi connectivity index (χ1n) is 11.7. The lowest BCUT2D eigenvalue weighted by Gasteiger charge is -2.14. The van der Waals surface area contributed by atoms with Gasteiger partial charge in [0.05, 0.1) is 16.0 Å². The quantitative estimate of drug-likeness (QED) is 0.137. The van der Waals surface area contributed by atoms with E-state index in [9.17, 15) is 14.4 Å². The molecule has 0 saturated carbocycles. The fourth-order valence-electron chi connectivity index (χ4n) is 3.37. The number of thioether (sulfide) groups is 1. The van der Waals surface area contributed by atoms with Gasteiger partial charge in [-0.2, -0.15) is 11.3 Å². The molecule has 10 heteroatoms. The molecule has 0 spiro atoms. The summed E-state index contributed by atoms with van der Waals surface area (Å²) in [6, 6.07) is 22.5. The molecule has 1 atom stereocenters. The first kappa shape index (κ1) is 28.4. The molecule has 6 nitrogen and oxygen atoms in total. The zero-order valence-corrected chi connectivity index (χ0v) is 23.8. The molecule has 3 N–H and O–H groups in total. The Bertz CT molecular complexity index is 1490. The molecule has 0 saturated heterocycles. The number of amides is 3. The van der Waals surface area contributed by atoms with Gasteiger partial charge in [-0.05, 0) is 90.0 Å². The molecule has 1 heterocycles. The summed E-state index contributed by atoms with van der Waals surface area (Å²) >= 11 is 15.0. The van der Waals surface area contributed by atoms with E-state index in [-0.39, 0.29) is 17.5 Å². The average Bonchev–Trinajstić information content (AvgIpc) is 3.45. The molecule has 39 heavy (non-hydrogen) atoms. The van der Waals surface area contributed by atoms with Crippen LogP contribution < -0.4 is 16.0 Å². The van der Waals surface area contributed by atoms with Crippen molar-refractivity contribution in [3.05, 3.63) is 116 Å². The second-order valence-corrected chi connectivity index (χ2v) is 11.3. The molecular weight excluding hydrogens is 573 g/mol. The van der Waals surface area contributed by atoms with Crippen LogP contribution in [0.1, 0.15) is 22.8 Å². The Kier molecular flexibility index (Phi) is 9.84. The summed E-state index contributed by atoms with van der Waals surface area (Å²) in [6.45, 7) is 1.78. The van der Waals surface area contributed by atoms with Crippen molar-refractivity contribution in [3.8, 4) is 0 Å². The number of carbonyl (C=O) groups is 3. The predicted molar refractivity (Wildman–Crippen MR) is 162 cm³/mol. The van der Waals surface area contributed by atoms with Crippen LogP contribution in [0, 0.1) is 0 Å². The van der Waals surface area contributed by atoms with Gasteiger partial charge in [0, 0.05) is 21.2 Å². The minimum absolute atomic E-state index is 0.116. The summed E-state index contributed by atoms with van der Waals surface area (Å²) in [4.78, 5) is 39.3. The Labute approximate surface area is 244 Å². The van der Waals surface area contributed by atoms with Gasteiger partial charge in [-0.1, -0.05) is 41.4 Å². The molecule has 4 aromatic rings. The number of thiophene rings is 1. The summed E-state index contributed by atoms with van der Waals surface area (Å²) in [7, 11) is 0. The van der Waals surface area contributed by atoms with Crippen LogP contribution in [0.4, 0.5) is 11.4 Å². The molecule has 0 aliphatic heterocycles. The third-order valence-electron chi connectivity index (χ3n) is 5.36. The molecule has 3 amide bonds. The highest BCUT2D eigenvalue weighted by Crippen LogP contribution is 2.29. The highest BCUT2D eigenvalue weighted by molar-refractivity contribution is 8.00. The van der Waals surface area contributed by atoms with E-state index in [1.54, 1.807) is 79.7 Å². The van der Waals surface area contributed by atoms with Crippen molar-refractivity contribution in [2.24, 2.45) is 0 Å². The van der Waals surface area contributed by atoms with Gasteiger partial charge in [0.2, 0.25) is 5.91 Å². The third kappa shape index (κ3) is 8.21. The third-order valence-corrected chi connectivity index (χ3v) is 7.74. The van der Waals surface area contributed by atoms with Gasteiger partial charge >= 0.3 is 0 Å². The van der Waals surface area contributed by atoms with Crippen molar-refractivity contribution in [1.29, 1.82) is 0 Å². The monoisotopic (exact) mass is 595 g/mol. The van der Waals surface area contributed by atoms with Crippen molar-refractivity contribution in [1.82, 2.24) is 5.32 Å². The summed E-state index contributed by atoms with van der Waals surface area (Å²) in [5.41, 5.74) is 2.35. The molecule has 198 valence electrons. The number of hydrogen-bond donors (Lipinski definition) is 3. The van der Waals surface area contributed by atoms with Crippen LogP contribution in [0.2, 0.25) is 10.0 Å². The first-order valence-corrected chi connectivity index (χ1v) is 14.3. The van der Waals surface area contributed by atoms with Gasteiger partial charge < -0.3 is 16.0 Å². The Morgan fingerprint density at radius 1 is 0.923 bits per heavy atom. The van der Waals surface area contributed by atoms with Crippen molar-refractivity contribution in [2.75, 3.05) is 10.6 Å². The van der Waals surface area contributed by atoms with E-state index in [1.165, 1.54) is 23.1 Å². The second-order valence-electron chi connectivity index (χ2n) is 8.29. The average molecular weight is 597 g/mol. The first-order chi connectivity index (χ1) is 18.8. The zero-order valence-electron chi connectivity index (χ0n) is 20.6. The smallest absolute Gasteiger partial charge is 0.272 e. The highest BCUT2D eigenvalue weighted by Gasteiger charge is 2.18. The van der Waals surface area contributed by atoms with E-state index in [2.05, 4.69) is 16.0 Å². The van der Waals surface area contributed by atoms with Crippen LogP contribution >= 0.6 is 46.3 Å². The number of rotatable bonds is 9. The molecule has 0 aliphatic rings. The maximum atomic E-state index is 13.1. The van der Waals surface area contributed by atoms with Gasteiger partial charge in [-0.25, -0.2) is 0 Å². The van der Waals surface area contributed by atoms with Crippen molar-refractivity contribution < 1.29 is 14.4 Å². The lowest BCUT2D eigenvalue weighted by molar-refractivity contribution is -0.115. The topological polar surface area (TPSA) is 87.3 Å². The van der Waals surface area contributed by atoms with Crippen LogP contribution in [0.5, 0.6) is 0 Å². The Morgan fingerprint density at radius 3 is 2.36 bits per heavy atom. The SMILES string of the molecule is CC(Sc1ccc(NC(=O)/C(=C/c2ccsc2)NC(=O)c2ccccc2)cc1)C(=O)Nc1cc(Cl)ccc1Cl. The van der Waals surface area contributed by atoms with Crippen molar-refractivity contribution in [2.45, 2.75) is 17.1 Å². The fraction of sp³-hybridized carbons (Fsp3) is 0.0690. The lowest BCUT2D eigenvalue weighted by atomic mass is 10.2. The molecule has 1 aromatic heterocycles. The Hall–Kier alpha value is -3.56. The number of carbonyl (C=O) groups excluding carboxylic acids is 3. The van der Waals surface area contributed by atoms with Crippen LogP contribution in [0.25, 0.3) is 6.08 Å². The fourth-order valence-corrected chi connectivity index (χ4v) is 5.19. The summed E-state index contributed by atoms with van der Waals surface area (Å²) in [5.74, 6) is -1.07. The van der Waals surface area contributed by atoms with Crippen LogP contribution in [-0.4, -0.2) is 23.0 Å². The van der Waals surface area contributed by atoms with Crippen LogP contribution in [0.15, 0.2) is 100 Å². The van der Waals surface area contributed by atoms with E-state index < -0.39 is 11.2 Å². The molecule has 4 rings (SSSR count). The van der Waals surface area contributed by atoms with Gasteiger partial charge in [-0.3, -0.25) is 14.4 Å². The van der Waals surface area contributed by atoms with Gasteiger partial charge in [-0.15, -0.1) is 11.8 Å².